The summed E-state index contributed by atoms with van der Waals surface area (Å²) in [4.78, 5) is 2.20. The van der Waals surface area contributed by atoms with Crippen molar-refractivity contribution in [2.45, 2.75) is 18.7 Å². The molecule has 6 nitrogen and oxygen atoms in total. The maximum Gasteiger partial charge on any atom is 0.243 e. The van der Waals surface area contributed by atoms with Gasteiger partial charge in [0.2, 0.25) is 10.0 Å². The number of rotatable bonds is 6. The molecule has 0 aliphatic carbocycles. The van der Waals surface area contributed by atoms with Gasteiger partial charge in [-0.05, 0) is 19.5 Å². The maximum atomic E-state index is 11.8. The Morgan fingerprint density at radius 1 is 1.47 bits per heavy atom. The molecule has 98 valence electrons. The van der Waals surface area contributed by atoms with Gasteiger partial charge in [-0.2, -0.15) is 5.10 Å². The third-order valence-corrected chi connectivity index (χ3v) is 3.64. The van der Waals surface area contributed by atoms with Gasteiger partial charge >= 0.3 is 0 Å². The van der Waals surface area contributed by atoms with E-state index in [9.17, 15) is 8.42 Å². The quantitative estimate of drug-likeness (QED) is 0.770. The largest absolute Gasteiger partial charge is 0.309 e. The van der Waals surface area contributed by atoms with Crippen LogP contribution in [0.4, 0.5) is 0 Å². The minimum atomic E-state index is -3.45. The van der Waals surface area contributed by atoms with Crippen molar-refractivity contribution in [3.05, 3.63) is 12.4 Å². The number of aromatic amines is 1. The van der Waals surface area contributed by atoms with Gasteiger partial charge < -0.3 is 4.90 Å². The summed E-state index contributed by atoms with van der Waals surface area (Å²) in [5.41, 5.74) is -0.125. The molecule has 1 aromatic rings. The summed E-state index contributed by atoms with van der Waals surface area (Å²) < 4.78 is 26.3. The Kier molecular flexibility index (Phi) is 4.29. The zero-order chi connectivity index (χ0) is 13.1. The first-order chi connectivity index (χ1) is 7.73. The fourth-order valence-corrected chi connectivity index (χ4v) is 2.82. The van der Waals surface area contributed by atoms with Crippen molar-refractivity contribution in [1.29, 1.82) is 0 Å². The molecule has 0 aliphatic heterocycles. The van der Waals surface area contributed by atoms with E-state index in [1.165, 1.54) is 12.4 Å². The van der Waals surface area contributed by atoms with Crippen LogP contribution in [0.15, 0.2) is 17.3 Å². The van der Waals surface area contributed by atoms with Crippen LogP contribution in [0.1, 0.15) is 13.8 Å². The number of aromatic nitrogens is 2. The van der Waals surface area contributed by atoms with E-state index in [1.807, 2.05) is 32.8 Å². The molecule has 2 N–H and O–H groups in total. The minimum Gasteiger partial charge on any atom is -0.309 e. The zero-order valence-corrected chi connectivity index (χ0v) is 11.5. The standard InChI is InChI=1S/C10H20N4O2S/c1-10(2,8-14(3)4)7-13-17(15,16)9-5-11-12-6-9/h5-6,13H,7-8H2,1-4H3,(H,11,12). The van der Waals surface area contributed by atoms with E-state index in [2.05, 4.69) is 14.9 Å². The van der Waals surface area contributed by atoms with Crippen molar-refractivity contribution in [2.24, 2.45) is 5.41 Å². The summed E-state index contributed by atoms with van der Waals surface area (Å²) in [5.74, 6) is 0. The highest BCUT2D eigenvalue weighted by atomic mass is 32.2. The van der Waals surface area contributed by atoms with E-state index in [-0.39, 0.29) is 10.3 Å². The van der Waals surface area contributed by atoms with Crippen LogP contribution in [0, 0.1) is 5.41 Å². The molecule has 1 aromatic heterocycles. The van der Waals surface area contributed by atoms with Crippen LogP contribution < -0.4 is 4.72 Å². The molecule has 0 spiro atoms. The van der Waals surface area contributed by atoms with Gasteiger partial charge in [0.15, 0.2) is 0 Å². The number of H-pyrrole nitrogens is 1. The summed E-state index contributed by atoms with van der Waals surface area (Å²) in [6, 6.07) is 0. The number of hydrogen-bond acceptors (Lipinski definition) is 4. The van der Waals surface area contributed by atoms with Gasteiger partial charge in [0, 0.05) is 19.3 Å². The molecular weight excluding hydrogens is 240 g/mol. The summed E-state index contributed by atoms with van der Waals surface area (Å²) in [7, 11) is 0.481. The average Bonchev–Trinajstić information content (AvgIpc) is 2.66. The second kappa shape index (κ2) is 5.16. The number of nitrogens with zero attached hydrogens (tertiary/aromatic N) is 2. The topological polar surface area (TPSA) is 78.1 Å². The van der Waals surface area contributed by atoms with Crippen molar-refractivity contribution in [3.8, 4) is 0 Å². The fourth-order valence-electron chi connectivity index (χ4n) is 1.67. The third-order valence-electron chi connectivity index (χ3n) is 2.27. The Morgan fingerprint density at radius 2 is 2.12 bits per heavy atom. The highest BCUT2D eigenvalue weighted by Gasteiger charge is 2.23. The first-order valence-corrected chi connectivity index (χ1v) is 6.84. The minimum absolute atomic E-state index is 0.125. The highest BCUT2D eigenvalue weighted by Crippen LogP contribution is 2.15. The molecule has 1 heterocycles. The molecule has 0 saturated heterocycles. The molecule has 0 radical (unpaired) electrons. The lowest BCUT2D eigenvalue weighted by Crippen LogP contribution is -2.39. The lowest BCUT2D eigenvalue weighted by molar-refractivity contribution is 0.242. The maximum absolute atomic E-state index is 11.8. The van der Waals surface area contributed by atoms with Gasteiger partial charge in [0.05, 0.1) is 6.20 Å². The van der Waals surface area contributed by atoms with Crippen molar-refractivity contribution >= 4 is 10.0 Å². The van der Waals surface area contributed by atoms with Gasteiger partial charge in [-0.1, -0.05) is 13.8 Å². The van der Waals surface area contributed by atoms with E-state index < -0.39 is 10.0 Å². The Hall–Kier alpha value is -0.920. The van der Waals surface area contributed by atoms with Crippen LogP contribution in [-0.4, -0.2) is 50.7 Å². The van der Waals surface area contributed by atoms with Gasteiger partial charge in [-0.3, -0.25) is 5.10 Å². The van der Waals surface area contributed by atoms with E-state index in [0.29, 0.717) is 6.54 Å². The monoisotopic (exact) mass is 260 g/mol. The van der Waals surface area contributed by atoms with E-state index in [1.54, 1.807) is 0 Å². The van der Waals surface area contributed by atoms with Gasteiger partial charge in [-0.25, -0.2) is 13.1 Å². The molecule has 0 atom stereocenters. The first-order valence-electron chi connectivity index (χ1n) is 5.36. The van der Waals surface area contributed by atoms with Crippen molar-refractivity contribution in [1.82, 2.24) is 19.8 Å². The molecule has 0 aliphatic rings. The van der Waals surface area contributed by atoms with E-state index in [0.717, 1.165) is 6.54 Å². The SMILES string of the molecule is CN(C)CC(C)(C)CNS(=O)(=O)c1cn[nH]c1. The van der Waals surface area contributed by atoms with Crippen LogP contribution in [0.5, 0.6) is 0 Å². The van der Waals surface area contributed by atoms with Crippen LogP contribution in [0.2, 0.25) is 0 Å². The van der Waals surface area contributed by atoms with Gasteiger partial charge in [0.1, 0.15) is 4.90 Å². The van der Waals surface area contributed by atoms with Gasteiger partial charge in [0.25, 0.3) is 0 Å². The molecular formula is C10H20N4O2S. The third kappa shape index (κ3) is 4.45. The molecule has 0 saturated carbocycles. The Balaban J connectivity index is 2.62. The Bertz CT molecular complexity index is 437. The number of hydrogen-bond donors (Lipinski definition) is 2. The highest BCUT2D eigenvalue weighted by molar-refractivity contribution is 7.89. The summed E-state index contributed by atoms with van der Waals surface area (Å²) in [5, 5.41) is 6.12. The first kappa shape index (κ1) is 14.1. The second-order valence-electron chi connectivity index (χ2n) is 5.16. The van der Waals surface area contributed by atoms with Crippen LogP contribution >= 0.6 is 0 Å². The summed E-state index contributed by atoms with van der Waals surface area (Å²) >= 11 is 0. The van der Waals surface area contributed by atoms with Crippen molar-refractivity contribution < 1.29 is 8.42 Å². The lowest BCUT2D eigenvalue weighted by atomic mass is 9.93. The predicted molar refractivity (Wildman–Crippen MR) is 66.1 cm³/mol. The van der Waals surface area contributed by atoms with Gasteiger partial charge in [-0.15, -0.1) is 0 Å². The average molecular weight is 260 g/mol. The molecule has 0 aromatic carbocycles. The van der Waals surface area contributed by atoms with E-state index in [4.69, 9.17) is 0 Å². The lowest BCUT2D eigenvalue weighted by Gasteiger charge is -2.28. The molecule has 17 heavy (non-hydrogen) atoms. The molecule has 0 fully saturated rings. The number of nitrogens with one attached hydrogen (secondary N) is 2. The van der Waals surface area contributed by atoms with Crippen molar-refractivity contribution in [3.63, 3.8) is 0 Å². The predicted octanol–water partition coefficient (Wildman–Crippen LogP) is 0.276. The van der Waals surface area contributed by atoms with Crippen LogP contribution in [0.3, 0.4) is 0 Å². The summed E-state index contributed by atoms with van der Waals surface area (Å²) in [6.07, 6.45) is 2.66. The number of sulfonamides is 1. The zero-order valence-electron chi connectivity index (χ0n) is 10.7. The van der Waals surface area contributed by atoms with E-state index >= 15 is 0 Å². The molecule has 0 bridgehead atoms. The second-order valence-corrected chi connectivity index (χ2v) is 6.93. The molecule has 0 unspecified atom stereocenters. The fraction of sp³-hybridized carbons (Fsp3) is 0.700. The van der Waals surface area contributed by atoms with Crippen molar-refractivity contribution in [2.75, 3.05) is 27.2 Å². The Labute approximate surface area is 102 Å². The summed E-state index contributed by atoms with van der Waals surface area (Å²) in [6.45, 7) is 5.23. The Morgan fingerprint density at radius 3 is 2.59 bits per heavy atom. The molecule has 0 amide bonds. The van der Waals surface area contributed by atoms with Crippen LogP contribution in [0.25, 0.3) is 0 Å². The smallest absolute Gasteiger partial charge is 0.243 e. The molecule has 7 heteroatoms. The van der Waals surface area contributed by atoms with Crippen LogP contribution in [-0.2, 0) is 10.0 Å². The normalized spacial score (nSPS) is 13.2. The molecule has 1 rings (SSSR count).